The Morgan fingerprint density at radius 2 is 1.96 bits per heavy atom. The molecule has 0 radical (unpaired) electrons. The van der Waals surface area contributed by atoms with Gasteiger partial charge in [0.2, 0.25) is 5.91 Å². The number of carbonyl (C=O) groups excluding carboxylic acids is 1. The number of benzene rings is 2. The number of rotatable bonds is 6. The molecule has 1 amide bonds. The number of morpholine rings is 1. The first kappa shape index (κ1) is 18.4. The molecule has 1 fully saturated rings. The summed E-state index contributed by atoms with van der Waals surface area (Å²) in [6.45, 7) is 2.66. The van der Waals surface area contributed by atoms with Crippen LogP contribution in [0.3, 0.4) is 0 Å². The van der Waals surface area contributed by atoms with Gasteiger partial charge in [-0.05, 0) is 35.4 Å². The summed E-state index contributed by atoms with van der Waals surface area (Å²) in [5.74, 6) is 0.500. The summed E-state index contributed by atoms with van der Waals surface area (Å²) in [6.07, 6.45) is -0.140. The summed E-state index contributed by atoms with van der Waals surface area (Å²) < 4.78 is 23.9. The second-order valence-electron chi connectivity index (χ2n) is 6.27. The molecular weight excluding hydrogens is 335 g/mol. The molecule has 6 heteroatoms. The fourth-order valence-corrected chi connectivity index (χ4v) is 2.93. The molecule has 26 heavy (non-hydrogen) atoms. The zero-order valence-corrected chi connectivity index (χ0v) is 14.8. The molecule has 0 aromatic heterocycles. The van der Waals surface area contributed by atoms with Gasteiger partial charge in [-0.1, -0.05) is 24.3 Å². The standard InChI is InChI=1S/C20H23FN2O3/c1-25-18-8-2-15(3-9-18)12-22-20(24)14-23-10-11-26-19(13-23)16-4-6-17(21)7-5-16/h2-9,19H,10-14H2,1H3,(H,22,24). The van der Waals surface area contributed by atoms with Crippen LogP contribution in [0.15, 0.2) is 48.5 Å². The average molecular weight is 358 g/mol. The maximum Gasteiger partial charge on any atom is 0.234 e. The van der Waals surface area contributed by atoms with Gasteiger partial charge in [-0.15, -0.1) is 0 Å². The van der Waals surface area contributed by atoms with E-state index < -0.39 is 0 Å². The zero-order chi connectivity index (χ0) is 18.4. The third-order valence-electron chi connectivity index (χ3n) is 4.41. The van der Waals surface area contributed by atoms with Crippen LogP contribution in [-0.2, 0) is 16.1 Å². The van der Waals surface area contributed by atoms with Gasteiger partial charge in [-0.2, -0.15) is 0 Å². The van der Waals surface area contributed by atoms with E-state index in [1.54, 1.807) is 19.2 Å². The van der Waals surface area contributed by atoms with E-state index in [1.807, 2.05) is 24.3 Å². The zero-order valence-electron chi connectivity index (χ0n) is 14.8. The van der Waals surface area contributed by atoms with E-state index in [9.17, 15) is 9.18 Å². The number of carbonyl (C=O) groups is 1. The highest BCUT2D eigenvalue weighted by molar-refractivity contribution is 5.78. The fourth-order valence-electron chi connectivity index (χ4n) is 2.93. The van der Waals surface area contributed by atoms with Gasteiger partial charge in [0.15, 0.2) is 0 Å². The number of hydrogen-bond acceptors (Lipinski definition) is 4. The number of nitrogens with zero attached hydrogens (tertiary/aromatic N) is 1. The molecular formula is C20H23FN2O3. The van der Waals surface area contributed by atoms with Crippen molar-refractivity contribution in [1.82, 2.24) is 10.2 Å². The van der Waals surface area contributed by atoms with Gasteiger partial charge in [-0.3, -0.25) is 9.69 Å². The molecule has 0 bridgehead atoms. The Balaban J connectivity index is 1.48. The van der Waals surface area contributed by atoms with Gasteiger partial charge >= 0.3 is 0 Å². The monoisotopic (exact) mass is 358 g/mol. The first-order valence-electron chi connectivity index (χ1n) is 8.63. The van der Waals surface area contributed by atoms with E-state index in [1.165, 1.54) is 12.1 Å². The Hall–Kier alpha value is -2.44. The van der Waals surface area contributed by atoms with Gasteiger partial charge in [0.05, 0.1) is 26.4 Å². The molecule has 2 aromatic carbocycles. The van der Waals surface area contributed by atoms with Gasteiger partial charge in [0.25, 0.3) is 0 Å². The highest BCUT2D eigenvalue weighted by atomic mass is 19.1. The first-order valence-corrected chi connectivity index (χ1v) is 8.63. The molecule has 0 spiro atoms. The van der Waals surface area contributed by atoms with Crippen LogP contribution in [-0.4, -0.2) is 44.2 Å². The summed E-state index contributed by atoms with van der Waals surface area (Å²) in [6, 6.07) is 13.9. The summed E-state index contributed by atoms with van der Waals surface area (Å²) in [7, 11) is 1.62. The molecule has 2 aromatic rings. The van der Waals surface area contributed by atoms with E-state index in [2.05, 4.69) is 10.2 Å². The van der Waals surface area contributed by atoms with Crippen molar-refractivity contribution in [3.8, 4) is 5.75 Å². The van der Waals surface area contributed by atoms with E-state index >= 15 is 0 Å². The summed E-state index contributed by atoms with van der Waals surface area (Å²) in [5.41, 5.74) is 1.94. The summed E-state index contributed by atoms with van der Waals surface area (Å²) >= 11 is 0. The smallest absolute Gasteiger partial charge is 0.234 e. The highest BCUT2D eigenvalue weighted by Crippen LogP contribution is 2.22. The van der Waals surface area contributed by atoms with Crippen molar-refractivity contribution in [2.24, 2.45) is 0 Å². The lowest BCUT2D eigenvalue weighted by Gasteiger charge is -2.32. The van der Waals surface area contributed by atoms with E-state index in [0.717, 1.165) is 16.9 Å². The summed E-state index contributed by atoms with van der Waals surface area (Å²) in [5, 5.41) is 2.93. The van der Waals surface area contributed by atoms with Crippen molar-refractivity contribution in [1.29, 1.82) is 0 Å². The molecule has 1 saturated heterocycles. The average Bonchev–Trinajstić information content (AvgIpc) is 2.67. The maximum absolute atomic E-state index is 13.1. The minimum absolute atomic E-state index is 0.0272. The Kier molecular flexibility index (Phi) is 6.20. The van der Waals surface area contributed by atoms with Crippen LogP contribution < -0.4 is 10.1 Å². The molecule has 0 aliphatic carbocycles. The molecule has 138 valence electrons. The normalized spacial score (nSPS) is 17.7. The van der Waals surface area contributed by atoms with Crippen molar-refractivity contribution in [3.05, 3.63) is 65.5 Å². The molecule has 1 N–H and O–H groups in total. The van der Waals surface area contributed by atoms with Crippen LogP contribution in [0.4, 0.5) is 4.39 Å². The largest absolute Gasteiger partial charge is 0.497 e. The number of ether oxygens (including phenoxy) is 2. The maximum atomic E-state index is 13.1. The Labute approximate surface area is 152 Å². The molecule has 0 saturated carbocycles. The minimum Gasteiger partial charge on any atom is -0.497 e. The lowest BCUT2D eigenvalue weighted by Crippen LogP contribution is -2.44. The van der Waals surface area contributed by atoms with Gasteiger partial charge < -0.3 is 14.8 Å². The van der Waals surface area contributed by atoms with Crippen LogP contribution >= 0.6 is 0 Å². The number of hydrogen-bond donors (Lipinski definition) is 1. The van der Waals surface area contributed by atoms with E-state index in [0.29, 0.717) is 32.8 Å². The Bertz CT molecular complexity index is 719. The lowest BCUT2D eigenvalue weighted by atomic mass is 10.1. The van der Waals surface area contributed by atoms with Gasteiger partial charge in [0.1, 0.15) is 11.6 Å². The molecule has 3 rings (SSSR count). The van der Waals surface area contributed by atoms with Crippen molar-refractivity contribution < 1.29 is 18.7 Å². The topological polar surface area (TPSA) is 50.8 Å². The lowest BCUT2D eigenvalue weighted by molar-refractivity contribution is -0.124. The molecule has 1 heterocycles. The van der Waals surface area contributed by atoms with Crippen molar-refractivity contribution in [3.63, 3.8) is 0 Å². The van der Waals surface area contributed by atoms with Crippen LogP contribution in [0.25, 0.3) is 0 Å². The quantitative estimate of drug-likeness (QED) is 0.862. The van der Waals surface area contributed by atoms with Crippen LogP contribution in [0.2, 0.25) is 0 Å². The third kappa shape index (κ3) is 5.03. The van der Waals surface area contributed by atoms with E-state index in [4.69, 9.17) is 9.47 Å². The first-order chi connectivity index (χ1) is 12.6. The Morgan fingerprint density at radius 3 is 2.65 bits per heavy atom. The van der Waals surface area contributed by atoms with Crippen LogP contribution in [0, 0.1) is 5.82 Å². The number of methoxy groups -OCH3 is 1. The summed E-state index contributed by atoms with van der Waals surface area (Å²) in [4.78, 5) is 14.3. The minimum atomic E-state index is -0.265. The molecule has 1 atom stereocenters. The van der Waals surface area contributed by atoms with E-state index in [-0.39, 0.29) is 17.8 Å². The number of nitrogens with one attached hydrogen (secondary N) is 1. The van der Waals surface area contributed by atoms with Crippen molar-refractivity contribution in [2.45, 2.75) is 12.6 Å². The second-order valence-corrected chi connectivity index (χ2v) is 6.27. The number of halogens is 1. The van der Waals surface area contributed by atoms with Crippen molar-refractivity contribution in [2.75, 3.05) is 33.4 Å². The second kappa shape index (κ2) is 8.78. The molecule has 5 nitrogen and oxygen atoms in total. The molecule has 1 aliphatic heterocycles. The van der Waals surface area contributed by atoms with Crippen molar-refractivity contribution >= 4 is 5.91 Å². The Morgan fingerprint density at radius 1 is 1.23 bits per heavy atom. The van der Waals surface area contributed by atoms with Gasteiger partial charge in [-0.25, -0.2) is 4.39 Å². The predicted molar refractivity (Wildman–Crippen MR) is 96.4 cm³/mol. The fraction of sp³-hybridized carbons (Fsp3) is 0.350. The number of amides is 1. The third-order valence-corrected chi connectivity index (χ3v) is 4.41. The van der Waals surface area contributed by atoms with Crippen LogP contribution in [0.1, 0.15) is 17.2 Å². The van der Waals surface area contributed by atoms with Crippen LogP contribution in [0.5, 0.6) is 5.75 Å². The van der Waals surface area contributed by atoms with Gasteiger partial charge in [0, 0.05) is 19.6 Å². The molecule has 1 aliphatic rings. The highest BCUT2D eigenvalue weighted by Gasteiger charge is 2.23. The predicted octanol–water partition coefficient (Wildman–Crippen LogP) is 2.52. The SMILES string of the molecule is COc1ccc(CNC(=O)CN2CCOC(c3ccc(F)cc3)C2)cc1. The molecule has 1 unspecified atom stereocenters.